The topological polar surface area (TPSA) is 85.7 Å². The third kappa shape index (κ3) is 2.51. The number of nitrogens with two attached hydrogens (primary N) is 2. The average molecular weight is 215 g/mol. The second-order valence-electron chi connectivity index (χ2n) is 2.46. The predicted molar refractivity (Wildman–Crippen MR) is 56.6 cm³/mol. The van der Waals surface area contributed by atoms with Crippen molar-refractivity contribution in [2.24, 2.45) is 16.6 Å². The highest BCUT2D eigenvalue weighted by Crippen LogP contribution is 2.28. The van der Waals surface area contributed by atoms with Crippen molar-refractivity contribution in [1.82, 2.24) is 5.43 Å². The molecule has 0 amide bonds. The molecule has 0 bridgehead atoms. The Bertz CT molecular complexity index is 353. The highest BCUT2D eigenvalue weighted by atomic mass is 35.5. The minimum absolute atomic E-state index is 0.120. The van der Waals surface area contributed by atoms with Crippen molar-refractivity contribution in [3.05, 3.63) is 23.2 Å². The first-order valence-corrected chi connectivity index (χ1v) is 4.19. The van der Waals surface area contributed by atoms with Crippen molar-refractivity contribution >= 4 is 23.2 Å². The van der Waals surface area contributed by atoms with Gasteiger partial charge in [0, 0.05) is 6.07 Å². The molecule has 0 aliphatic rings. The molecule has 5 N–H and O–H groups in total. The fraction of sp³-hybridized carbons (Fsp3) is 0.125. The molecule has 5 nitrogen and oxygen atoms in total. The number of methoxy groups -OCH3 is 1. The summed E-state index contributed by atoms with van der Waals surface area (Å²) in [5, 5.41) is 0.519. The van der Waals surface area contributed by atoms with Gasteiger partial charge in [-0.1, -0.05) is 11.6 Å². The Morgan fingerprint density at radius 1 is 1.57 bits per heavy atom. The molecule has 0 aliphatic carbocycles. The van der Waals surface area contributed by atoms with E-state index in [1.54, 1.807) is 18.2 Å². The maximum absolute atomic E-state index is 5.82. The van der Waals surface area contributed by atoms with Crippen LogP contribution in [0, 0.1) is 0 Å². The molecule has 76 valence electrons. The van der Waals surface area contributed by atoms with Crippen molar-refractivity contribution in [3.63, 3.8) is 0 Å². The van der Waals surface area contributed by atoms with E-state index in [9.17, 15) is 0 Å². The van der Waals surface area contributed by atoms with Crippen molar-refractivity contribution in [1.29, 1.82) is 0 Å². The first kappa shape index (κ1) is 10.6. The summed E-state index contributed by atoms with van der Waals surface area (Å²) in [5.41, 5.74) is 8.21. The molecule has 0 atom stereocenters. The lowest BCUT2D eigenvalue weighted by Gasteiger charge is -2.04. The molecule has 0 aliphatic heterocycles. The lowest BCUT2D eigenvalue weighted by molar-refractivity contribution is 0.415. The number of guanidine groups is 1. The molecule has 0 fully saturated rings. The molecule has 0 unspecified atom stereocenters. The lowest BCUT2D eigenvalue weighted by atomic mass is 10.3. The summed E-state index contributed by atoms with van der Waals surface area (Å²) in [6, 6.07) is 5.03. The molecular weight excluding hydrogens is 204 g/mol. The van der Waals surface area contributed by atoms with Crippen molar-refractivity contribution in [2.45, 2.75) is 0 Å². The van der Waals surface area contributed by atoms with E-state index in [4.69, 9.17) is 27.9 Å². The maximum atomic E-state index is 5.82. The molecular formula is C8H11ClN4O. The van der Waals surface area contributed by atoms with E-state index < -0.39 is 0 Å². The number of halogens is 1. The second-order valence-corrected chi connectivity index (χ2v) is 2.87. The summed E-state index contributed by atoms with van der Waals surface area (Å²) < 4.78 is 5.01. The first-order chi connectivity index (χ1) is 6.67. The zero-order valence-corrected chi connectivity index (χ0v) is 8.38. The number of hydrogen-bond acceptors (Lipinski definition) is 3. The molecule has 1 aromatic rings. The van der Waals surface area contributed by atoms with Gasteiger partial charge in [-0.15, -0.1) is 0 Å². The lowest BCUT2D eigenvalue weighted by Crippen LogP contribution is -2.36. The van der Waals surface area contributed by atoms with Gasteiger partial charge in [0.25, 0.3) is 0 Å². The van der Waals surface area contributed by atoms with E-state index in [2.05, 4.69) is 10.4 Å². The van der Waals surface area contributed by atoms with E-state index in [0.29, 0.717) is 16.5 Å². The second kappa shape index (κ2) is 4.69. The van der Waals surface area contributed by atoms with Gasteiger partial charge in [-0.25, -0.2) is 10.8 Å². The molecule has 0 aromatic heterocycles. The molecule has 6 heteroatoms. The summed E-state index contributed by atoms with van der Waals surface area (Å²) in [7, 11) is 1.53. The molecule has 1 aromatic carbocycles. The molecule has 1 rings (SSSR count). The van der Waals surface area contributed by atoms with Crippen LogP contribution in [0.3, 0.4) is 0 Å². The van der Waals surface area contributed by atoms with Crippen LogP contribution in [-0.2, 0) is 0 Å². The van der Waals surface area contributed by atoms with Crippen LogP contribution in [-0.4, -0.2) is 13.1 Å². The molecule has 0 radical (unpaired) electrons. The van der Waals surface area contributed by atoms with Crippen molar-refractivity contribution in [2.75, 3.05) is 7.11 Å². The Kier molecular flexibility index (Phi) is 3.55. The number of nitrogens with zero attached hydrogens (tertiary/aromatic N) is 1. The quantitative estimate of drug-likeness (QED) is 0.294. The van der Waals surface area contributed by atoms with Gasteiger partial charge in [0.15, 0.2) is 0 Å². The van der Waals surface area contributed by atoms with Gasteiger partial charge in [-0.2, -0.15) is 0 Å². The third-order valence-corrected chi connectivity index (χ3v) is 1.84. The van der Waals surface area contributed by atoms with E-state index in [-0.39, 0.29) is 5.96 Å². The van der Waals surface area contributed by atoms with Crippen LogP contribution in [0.15, 0.2) is 23.2 Å². The van der Waals surface area contributed by atoms with Gasteiger partial charge in [-0.3, -0.25) is 5.43 Å². The Morgan fingerprint density at radius 3 is 2.86 bits per heavy atom. The minimum Gasteiger partial charge on any atom is -0.495 e. The fourth-order valence-corrected chi connectivity index (χ4v) is 1.08. The van der Waals surface area contributed by atoms with Gasteiger partial charge >= 0.3 is 0 Å². The van der Waals surface area contributed by atoms with Gasteiger partial charge in [-0.05, 0) is 12.1 Å². The van der Waals surface area contributed by atoms with Crippen LogP contribution in [0.4, 0.5) is 5.69 Å². The summed E-state index contributed by atoms with van der Waals surface area (Å²) in [4.78, 5) is 3.95. The van der Waals surface area contributed by atoms with Crippen LogP contribution in [0.5, 0.6) is 5.75 Å². The largest absolute Gasteiger partial charge is 0.495 e. The van der Waals surface area contributed by atoms with E-state index >= 15 is 0 Å². The van der Waals surface area contributed by atoms with Gasteiger partial charge in [0.1, 0.15) is 5.75 Å². The maximum Gasteiger partial charge on any atom is 0.208 e. The number of hydrazine groups is 1. The van der Waals surface area contributed by atoms with E-state index in [0.717, 1.165) is 0 Å². The summed E-state index contributed by atoms with van der Waals surface area (Å²) in [5.74, 6) is 5.72. The highest BCUT2D eigenvalue weighted by molar-refractivity contribution is 6.32. The number of aliphatic imine (C=N–C) groups is 1. The summed E-state index contributed by atoms with van der Waals surface area (Å²) in [6.07, 6.45) is 0. The summed E-state index contributed by atoms with van der Waals surface area (Å²) in [6.45, 7) is 0. The van der Waals surface area contributed by atoms with Crippen LogP contribution < -0.4 is 21.7 Å². The molecule has 0 heterocycles. The van der Waals surface area contributed by atoms with Crippen molar-refractivity contribution in [3.8, 4) is 5.75 Å². The monoisotopic (exact) mass is 214 g/mol. The van der Waals surface area contributed by atoms with Gasteiger partial charge in [0.05, 0.1) is 17.8 Å². The number of nitrogens with one attached hydrogen (secondary N) is 1. The number of ether oxygens (including phenoxy) is 1. The Hall–Kier alpha value is -1.46. The Balaban J connectivity index is 3.01. The SMILES string of the molecule is COc1cc(N=C(N)NN)ccc1Cl. The zero-order chi connectivity index (χ0) is 10.6. The normalized spacial score (nSPS) is 11.2. The number of hydrogen-bond donors (Lipinski definition) is 3. The van der Waals surface area contributed by atoms with Crippen LogP contribution >= 0.6 is 11.6 Å². The van der Waals surface area contributed by atoms with Crippen molar-refractivity contribution < 1.29 is 4.74 Å². The fourth-order valence-electron chi connectivity index (χ4n) is 0.889. The van der Waals surface area contributed by atoms with Gasteiger partial charge in [0.2, 0.25) is 5.96 Å². The van der Waals surface area contributed by atoms with Gasteiger partial charge < -0.3 is 10.5 Å². The molecule has 0 saturated heterocycles. The summed E-state index contributed by atoms with van der Waals surface area (Å²) >= 11 is 5.82. The Labute approximate surface area is 86.7 Å². The molecule has 0 spiro atoms. The highest BCUT2D eigenvalue weighted by Gasteiger charge is 2.01. The predicted octanol–water partition coefficient (Wildman–Crippen LogP) is 0.758. The number of rotatable bonds is 2. The standard InChI is InChI=1S/C8H11ClN4O/c1-14-7-4-5(2-3-6(7)9)12-8(10)13-11/h2-4H,11H2,1H3,(H3,10,12,13). The van der Waals surface area contributed by atoms with E-state index in [1.807, 2.05) is 0 Å². The molecule has 0 saturated carbocycles. The smallest absolute Gasteiger partial charge is 0.208 e. The van der Waals surface area contributed by atoms with Crippen LogP contribution in [0.2, 0.25) is 5.02 Å². The minimum atomic E-state index is 0.120. The molecule has 14 heavy (non-hydrogen) atoms. The number of benzene rings is 1. The Morgan fingerprint density at radius 2 is 2.29 bits per heavy atom. The van der Waals surface area contributed by atoms with Crippen LogP contribution in [0.25, 0.3) is 0 Å². The average Bonchev–Trinajstić information content (AvgIpc) is 2.20. The van der Waals surface area contributed by atoms with E-state index in [1.165, 1.54) is 7.11 Å². The first-order valence-electron chi connectivity index (χ1n) is 3.81. The third-order valence-electron chi connectivity index (χ3n) is 1.53. The van der Waals surface area contributed by atoms with Crippen LogP contribution in [0.1, 0.15) is 0 Å². The zero-order valence-electron chi connectivity index (χ0n) is 7.62.